The molecule has 0 amide bonds. The number of rotatable bonds is 4. The third-order valence-electron chi connectivity index (χ3n) is 13.9. The summed E-state index contributed by atoms with van der Waals surface area (Å²) in [4.78, 5) is 4.80. The Morgan fingerprint density at radius 3 is 1.91 bits per heavy atom. The molecule has 0 saturated carbocycles. The van der Waals surface area contributed by atoms with Gasteiger partial charge in [0.25, 0.3) is 0 Å². The predicted octanol–water partition coefficient (Wildman–Crippen LogP) is 17.9. The second-order valence-electron chi connectivity index (χ2n) is 19.4. The Bertz CT molecular complexity index is 3920. The van der Waals surface area contributed by atoms with E-state index in [1.807, 2.05) is 0 Å². The molecule has 4 nitrogen and oxygen atoms in total. The Morgan fingerprint density at radius 2 is 1.11 bits per heavy atom. The van der Waals surface area contributed by atoms with Crippen LogP contribution in [0.5, 0.6) is 0 Å². The quantitative estimate of drug-likeness (QED) is 0.165. The number of anilines is 6. The van der Waals surface area contributed by atoms with Crippen molar-refractivity contribution < 1.29 is 8.83 Å². The maximum Gasteiger partial charge on any atom is 0.159 e. The second-order valence-corrected chi connectivity index (χ2v) is 19.4. The molecular weight excluding hydrogens is 793 g/mol. The Balaban J connectivity index is 1.08. The predicted molar refractivity (Wildman–Crippen MR) is 275 cm³/mol. The van der Waals surface area contributed by atoms with Gasteiger partial charge in [-0.05, 0) is 81.1 Å². The van der Waals surface area contributed by atoms with E-state index in [1.54, 1.807) is 0 Å². The summed E-state index contributed by atoms with van der Waals surface area (Å²) in [5.74, 6) is 0. The van der Waals surface area contributed by atoms with Crippen LogP contribution < -0.4 is 9.80 Å². The van der Waals surface area contributed by atoms with Crippen molar-refractivity contribution >= 4 is 116 Å². The summed E-state index contributed by atoms with van der Waals surface area (Å²) in [5.41, 5.74) is 13.1. The zero-order chi connectivity index (χ0) is 43.8. The van der Waals surface area contributed by atoms with E-state index in [2.05, 4.69) is 232 Å². The highest BCUT2D eigenvalue weighted by molar-refractivity contribution is 6.29. The van der Waals surface area contributed by atoms with Crippen molar-refractivity contribution in [3.05, 3.63) is 199 Å². The molecule has 3 heterocycles. The van der Waals surface area contributed by atoms with Crippen molar-refractivity contribution in [2.75, 3.05) is 9.80 Å². The lowest BCUT2D eigenvalue weighted by molar-refractivity contribution is 0.573. The van der Waals surface area contributed by atoms with Crippen molar-refractivity contribution in [2.24, 2.45) is 0 Å². The first kappa shape index (κ1) is 37.7. The average molecular weight is 839 g/mol. The number of allylic oxidation sites excluding steroid dienone is 1. The number of nitrogens with zero attached hydrogens (tertiary/aromatic N) is 2. The third kappa shape index (κ3) is 5.56. The van der Waals surface area contributed by atoms with Crippen molar-refractivity contribution in [2.45, 2.75) is 45.4 Å². The van der Waals surface area contributed by atoms with Crippen LogP contribution in [0.1, 0.15) is 51.3 Å². The van der Waals surface area contributed by atoms with Gasteiger partial charge < -0.3 is 18.6 Å². The minimum Gasteiger partial charge on any atom is -0.454 e. The number of para-hydroxylation sites is 5. The van der Waals surface area contributed by atoms with Gasteiger partial charge in [0.1, 0.15) is 11.2 Å². The molecule has 10 aromatic carbocycles. The summed E-state index contributed by atoms with van der Waals surface area (Å²) >= 11 is 0. The summed E-state index contributed by atoms with van der Waals surface area (Å²) in [6.07, 6.45) is 4.57. The van der Waals surface area contributed by atoms with Crippen molar-refractivity contribution in [3.63, 3.8) is 0 Å². The largest absolute Gasteiger partial charge is 0.454 e. The molecular formula is C61H46N2O2. The Hall–Kier alpha value is -7.82. The lowest BCUT2D eigenvalue weighted by Crippen LogP contribution is -2.14. The van der Waals surface area contributed by atoms with Gasteiger partial charge in [-0.3, -0.25) is 0 Å². The van der Waals surface area contributed by atoms with Crippen LogP contribution >= 0.6 is 0 Å². The normalized spacial score (nSPS) is 14.0. The van der Waals surface area contributed by atoms with Gasteiger partial charge in [-0.15, -0.1) is 0 Å². The fraction of sp³-hybridized carbons (Fsp3) is 0.115. The van der Waals surface area contributed by atoms with E-state index < -0.39 is 0 Å². The average Bonchev–Trinajstić information content (AvgIpc) is 3.91. The highest BCUT2D eigenvalue weighted by atomic mass is 16.3. The fourth-order valence-corrected chi connectivity index (χ4v) is 10.8. The molecule has 0 N–H and O–H groups in total. The van der Waals surface area contributed by atoms with Gasteiger partial charge in [-0.25, -0.2) is 0 Å². The Labute approximate surface area is 377 Å². The van der Waals surface area contributed by atoms with Crippen molar-refractivity contribution in [1.82, 2.24) is 0 Å². The van der Waals surface area contributed by atoms with Crippen molar-refractivity contribution in [3.8, 4) is 0 Å². The third-order valence-corrected chi connectivity index (χ3v) is 13.9. The Kier molecular flexibility index (Phi) is 7.89. The van der Waals surface area contributed by atoms with Crippen LogP contribution in [0, 0.1) is 0 Å². The van der Waals surface area contributed by atoms with E-state index >= 15 is 0 Å². The first-order valence-electron chi connectivity index (χ1n) is 22.7. The monoisotopic (exact) mass is 838 g/mol. The smallest absolute Gasteiger partial charge is 0.159 e. The highest BCUT2D eigenvalue weighted by Gasteiger charge is 2.29. The summed E-state index contributed by atoms with van der Waals surface area (Å²) in [6, 6.07) is 64.2. The van der Waals surface area contributed by atoms with E-state index in [0.717, 1.165) is 83.6 Å². The standard InChI is InChI=1S/C61H46N2O2/c1-60(2,3)48-22-10-18-42-44-20-12-24-52(58(44)64-56(42)48)62(40-15-7-6-8-16-40)50-32-28-38-27-31-47-51(33-29-39-26-30-46(50)54(38)55(39)47)63-41-17-9-14-37(36-41)34-35-61(4,5)49-23-11-19-43-45-21-13-25-53(63)59(45)65-57(43)49/h6-36H,1-5H3. The van der Waals surface area contributed by atoms with Crippen LogP contribution in [0.3, 0.4) is 0 Å². The molecule has 4 bridgehead atoms. The summed E-state index contributed by atoms with van der Waals surface area (Å²) in [5, 5.41) is 11.7. The maximum absolute atomic E-state index is 7.08. The van der Waals surface area contributed by atoms with Gasteiger partial charge in [0.2, 0.25) is 0 Å². The number of hydrogen-bond donors (Lipinski definition) is 0. The lowest BCUT2D eigenvalue weighted by Gasteiger charge is -2.29. The van der Waals surface area contributed by atoms with Gasteiger partial charge in [0, 0.05) is 60.2 Å². The molecule has 0 atom stereocenters. The molecule has 0 spiro atoms. The number of fused-ring (bicyclic) bond motifs is 6. The molecule has 0 fully saturated rings. The molecule has 0 saturated heterocycles. The van der Waals surface area contributed by atoms with Crippen LogP contribution in [0.15, 0.2) is 191 Å². The van der Waals surface area contributed by atoms with Gasteiger partial charge in [-0.1, -0.05) is 174 Å². The number of hydrogen-bond acceptors (Lipinski definition) is 4. The molecule has 65 heavy (non-hydrogen) atoms. The number of benzene rings is 10. The second kappa shape index (κ2) is 13.6. The maximum atomic E-state index is 7.08. The van der Waals surface area contributed by atoms with Crippen molar-refractivity contribution in [1.29, 1.82) is 0 Å². The minimum absolute atomic E-state index is 0.0828. The first-order valence-corrected chi connectivity index (χ1v) is 22.7. The molecule has 0 aliphatic carbocycles. The molecule has 0 unspecified atom stereocenters. The van der Waals surface area contributed by atoms with Crippen LogP contribution in [0.25, 0.3) is 82.3 Å². The topological polar surface area (TPSA) is 32.8 Å². The van der Waals surface area contributed by atoms with E-state index in [1.165, 1.54) is 43.4 Å². The molecule has 312 valence electrons. The van der Waals surface area contributed by atoms with Crippen LogP contribution in [-0.4, -0.2) is 0 Å². The number of furan rings is 2. The highest BCUT2D eigenvalue weighted by Crippen LogP contribution is 2.51. The van der Waals surface area contributed by atoms with E-state index in [9.17, 15) is 0 Å². The molecule has 13 rings (SSSR count). The first-order chi connectivity index (χ1) is 31.6. The van der Waals surface area contributed by atoms with E-state index in [0.29, 0.717) is 0 Å². The van der Waals surface area contributed by atoms with Crippen LogP contribution in [0.4, 0.5) is 34.1 Å². The van der Waals surface area contributed by atoms with Crippen LogP contribution in [-0.2, 0) is 10.8 Å². The van der Waals surface area contributed by atoms with Gasteiger partial charge in [-0.2, -0.15) is 0 Å². The molecule has 1 aliphatic rings. The molecule has 2 aromatic heterocycles. The zero-order valence-corrected chi connectivity index (χ0v) is 37.1. The molecule has 0 radical (unpaired) electrons. The minimum atomic E-state index is -0.252. The summed E-state index contributed by atoms with van der Waals surface area (Å²) < 4.78 is 14.1. The van der Waals surface area contributed by atoms with Gasteiger partial charge in [0.15, 0.2) is 11.2 Å². The molecule has 12 aromatic rings. The lowest BCUT2D eigenvalue weighted by atomic mass is 9.83. The SMILES string of the molecule is CC(C)(C)c1cccc2c1oc1c(N(c3ccccc3)c3ccc4ccc5c(N6c7cccc(c7)C=CC(C)(C)c7cccc8c7oc7c6cccc78)ccc6ccc3c4c65)cccc12. The van der Waals surface area contributed by atoms with Gasteiger partial charge in [0.05, 0.1) is 22.7 Å². The van der Waals surface area contributed by atoms with Crippen LogP contribution in [0.2, 0.25) is 0 Å². The fourth-order valence-electron chi connectivity index (χ4n) is 10.8. The molecule has 1 aliphatic heterocycles. The van der Waals surface area contributed by atoms with Gasteiger partial charge >= 0.3 is 0 Å². The van der Waals surface area contributed by atoms with E-state index in [4.69, 9.17) is 8.83 Å². The van der Waals surface area contributed by atoms with E-state index in [-0.39, 0.29) is 10.8 Å². The summed E-state index contributed by atoms with van der Waals surface area (Å²) in [7, 11) is 0. The Morgan fingerprint density at radius 1 is 0.477 bits per heavy atom. The summed E-state index contributed by atoms with van der Waals surface area (Å²) in [6.45, 7) is 11.3. The molecule has 4 heteroatoms. The zero-order valence-electron chi connectivity index (χ0n) is 37.1.